The zero-order valence-electron chi connectivity index (χ0n) is 18.8. The Morgan fingerprint density at radius 1 is 1.31 bits per heavy atom. The Labute approximate surface area is 186 Å². The molecular formula is C22H28N8O2. The first kappa shape index (κ1) is 22.8. The second kappa shape index (κ2) is 9.48. The Bertz CT molecular complexity index is 1150. The molecule has 0 bridgehead atoms. The molecule has 32 heavy (non-hydrogen) atoms. The number of hydrazine groups is 1. The summed E-state index contributed by atoms with van der Waals surface area (Å²) in [5, 5.41) is 12.1. The SMILES string of the molecule is COc1cc(C)c(-c2cnn(C)c2)cc1C(=O)Nc1cccc(N(N)/C(=N\N)C(C)C)n1. The highest BCUT2D eigenvalue weighted by Crippen LogP contribution is 2.31. The van der Waals surface area contributed by atoms with Gasteiger partial charge in [-0.2, -0.15) is 10.2 Å². The summed E-state index contributed by atoms with van der Waals surface area (Å²) in [6.07, 6.45) is 3.64. The van der Waals surface area contributed by atoms with Gasteiger partial charge >= 0.3 is 0 Å². The van der Waals surface area contributed by atoms with Crippen LogP contribution in [-0.4, -0.2) is 33.6 Å². The zero-order valence-corrected chi connectivity index (χ0v) is 18.8. The Morgan fingerprint density at radius 3 is 2.66 bits per heavy atom. The van der Waals surface area contributed by atoms with Crippen LogP contribution in [0.25, 0.3) is 11.1 Å². The minimum Gasteiger partial charge on any atom is -0.496 e. The van der Waals surface area contributed by atoms with Crippen molar-refractivity contribution in [3.8, 4) is 16.9 Å². The molecule has 0 spiro atoms. The lowest BCUT2D eigenvalue weighted by Crippen LogP contribution is -2.41. The topological polar surface area (TPSA) is 137 Å². The summed E-state index contributed by atoms with van der Waals surface area (Å²) in [5.41, 5.74) is 3.13. The first-order valence-corrected chi connectivity index (χ1v) is 10.0. The van der Waals surface area contributed by atoms with Crippen LogP contribution in [0, 0.1) is 12.8 Å². The van der Waals surface area contributed by atoms with E-state index in [9.17, 15) is 4.79 Å². The standard InChI is InChI=1S/C22H28N8O2/c1-13(2)21(28-23)30(24)20-8-6-7-19(26-20)27-22(31)17-10-16(14(3)9-18(17)32-5)15-11-25-29(4)12-15/h6-13H,23-24H2,1-5H3,(H,26,27,31)/b28-21-. The number of hydrogen-bond acceptors (Lipinski definition) is 7. The van der Waals surface area contributed by atoms with Gasteiger partial charge < -0.3 is 15.9 Å². The van der Waals surface area contributed by atoms with Crippen LogP contribution >= 0.6 is 0 Å². The Hall–Kier alpha value is -3.92. The molecule has 1 aromatic carbocycles. The summed E-state index contributed by atoms with van der Waals surface area (Å²) < 4.78 is 7.17. The summed E-state index contributed by atoms with van der Waals surface area (Å²) in [4.78, 5) is 17.6. The minimum absolute atomic E-state index is 0.00670. The van der Waals surface area contributed by atoms with Crippen LogP contribution in [0.3, 0.4) is 0 Å². The second-order valence-electron chi connectivity index (χ2n) is 7.62. The molecule has 0 fully saturated rings. The van der Waals surface area contributed by atoms with Crippen molar-refractivity contribution in [1.82, 2.24) is 14.8 Å². The van der Waals surface area contributed by atoms with Gasteiger partial charge in [-0.05, 0) is 42.3 Å². The van der Waals surface area contributed by atoms with E-state index in [-0.39, 0.29) is 11.8 Å². The van der Waals surface area contributed by atoms with Crippen molar-refractivity contribution in [3.63, 3.8) is 0 Å². The molecule has 0 unspecified atom stereocenters. The number of carbonyl (C=O) groups excluding carboxylic acids is 1. The van der Waals surface area contributed by atoms with Gasteiger partial charge in [-0.3, -0.25) is 9.48 Å². The van der Waals surface area contributed by atoms with Crippen LogP contribution in [0.15, 0.2) is 47.8 Å². The average Bonchev–Trinajstić information content (AvgIpc) is 3.19. The Morgan fingerprint density at radius 2 is 2.06 bits per heavy atom. The number of rotatable bonds is 6. The van der Waals surface area contributed by atoms with E-state index in [1.54, 1.807) is 35.1 Å². The third-order valence-corrected chi connectivity index (χ3v) is 4.93. The van der Waals surface area contributed by atoms with Gasteiger partial charge in [0.1, 0.15) is 17.4 Å². The van der Waals surface area contributed by atoms with Crippen molar-refractivity contribution in [2.45, 2.75) is 20.8 Å². The minimum atomic E-state index is -0.364. The average molecular weight is 437 g/mol. The number of hydrazone groups is 1. The lowest BCUT2D eigenvalue weighted by Gasteiger charge is -2.21. The summed E-state index contributed by atoms with van der Waals surface area (Å²) in [6, 6.07) is 8.73. The number of pyridine rings is 1. The van der Waals surface area contributed by atoms with Gasteiger partial charge in [0.2, 0.25) is 0 Å². The maximum absolute atomic E-state index is 13.1. The van der Waals surface area contributed by atoms with Crippen LogP contribution in [-0.2, 0) is 7.05 Å². The summed E-state index contributed by atoms with van der Waals surface area (Å²) in [6.45, 7) is 5.79. The van der Waals surface area contributed by atoms with Crippen molar-refractivity contribution >= 4 is 23.4 Å². The van der Waals surface area contributed by atoms with E-state index in [0.717, 1.165) is 16.7 Å². The third-order valence-electron chi connectivity index (χ3n) is 4.93. The van der Waals surface area contributed by atoms with E-state index < -0.39 is 0 Å². The van der Waals surface area contributed by atoms with Gasteiger partial charge in [0.25, 0.3) is 5.91 Å². The molecule has 3 rings (SSSR count). The maximum Gasteiger partial charge on any atom is 0.260 e. The molecule has 2 heterocycles. The van der Waals surface area contributed by atoms with E-state index in [0.29, 0.717) is 28.8 Å². The second-order valence-corrected chi connectivity index (χ2v) is 7.62. The molecule has 1 amide bonds. The van der Waals surface area contributed by atoms with Crippen molar-refractivity contribution in [1.29, 1.82) is 0 Å². The smallest absolute Gasteiger partial charge is 0.260 e. The molecule has 0 aliphatic heterocycles. The third kappa shape index (κ3) is 4.70. The van der Waals surface area contributed by atoms with Gasteiger partial charge in [-0.15, -0.1) is 0 Å². The first-order valence-electron chi connectivity index (χ1n) is 10.0. The van der Waals surface area contributed by atoms with E-state index in [1.807, 2.05) is 40.1 Å². The molecule has 3 aromatic rings. The molecule has 10 heteroatoms. The van der Waals surface area contributed by atoms with Crippen molar-refractivity contribution in [2.24, 2.45) is 29.8 Å². The number of aromatic nitrogens is 3. The predicted molar refractivity (Wildman–Crippen MR) is 125 cm³/mol. The highest BCUT2D eigenvalue weighted by molar-refractivity contribution is 6.07. The highest BCUT2D eigenvalue weighted by atomic mass is 16.5. The number of carbonyl (C=O) groups is 1. The van der Waals surface area contributed by atoms with Crippen LogP contribution in [0.1, 0.15) is 29.8 Å². The highest BCUT2D eigenvalue weighted by Gasteiger charge is 2.19. The Balaban J connectivity index is 1.92. The number of benzene rings is 1. The number of amidine groups is 1. The quantitative estimate of drug-likeness (QED) is 0.234. The van der Waals surface area contributed by atoms with Crippen LogP contribution in [0.2, 0.25) is 0 Å². The number of aryl methyl sites for hydroxylation is 2. The first-order chi connectivity index (χ1) is 15.2. The van der Waals surface area contributed by atoms with E-state index in [4.69, 9.17) is 16.4 Å². The number of nitrogens with one attached hydrogen (secondary N) is 1. The molecule has 5 N–H and O–H groups in total. The van der Waals surface area contributed by atoms with E-state index in [1.165, 1.54) is 12.1 Å². The van der Waals surface area contributed by atoms with Gasteiger partial charge in [0.15, 0.2) is 5.82 Å². The Kier molecular flexibility index (Phi) is 6.74. The van der Waals surface area contributed by atoms with Gasteiger partial charge in [-0.25, -0.2) is 15.8 Å². The summed E-state index contributed by atoms with van der Waals surface area (Å²) in [5.74, 6) is 12.9. The lowest BCUT2D eigenvalue weighted by molar-refractivity contribution is 0.102. The zero-order chi connectivity index (χ0) is 23.4. The molecule has 0 aliphatic carbocycles. The van der Waals surface area contributed by atoms with E-state index in [2.05, 4.69) is 20.5 Å². The predicted octanol–water partition coefficient (Wildman–Crippen LogP) is 2.66. The van der Waals surface area contributed by atoms with Crippen molar-refractivity contribution in [3.05, 3.63) is 53.9 Å². The number of amides is 1. The van der Waals surface area contributed by atoms with Crippen molar-refractivity contribution in [2.75, 3.05) is 17.4 Å². The molecule has 168 valence electrons. The molecule has 10 nitrogen and oxygen atoms in total. The van der Waals surface area contributed by atoms with Crippen molar-refractivity contribution < 1.29 is 9.53 Å². The molecule has 0 aliphatic rings. The largest absolute Gasteiger partial charge is 0.496 e. The van der Waals surface area contributed by atoms with Crippen LogP contribution in [0.4, 0.5) is 11.6 Å². The van der Waals surface area contributed by atoms with Crippen LogP contribution in [0.5, 0.6) is 5.75 Å². The molecule has 0 atom stereocenters. The number of anilines is 2. The number of ether oxygens (including phenoxy) is 1. The number of nitrogens with two attached hydrogens (primary N) is 2. The maximum atomic E-state index is 13.1. The van der Waals surface area contributed by atoms with Gasteiger partial charge in [0, 0.05) is 24.7 Å². The fraction of sp³-hybridized carbons (Fsp3) is 0.273. The molecule has 0 radical (unpaired) electrons. The fourth-order valence-corrected chi connectivity index (χ4v) is 3.32. The molecule has 2 aromatic heterocycles. The normalized spacial score (nSPS) is 11.5. The fourth-order valence-electron chi connectivity index (χ4n) is 3.32. The number of methoxy groups -OCH3 is 1. The van der Waals surface area contributed by atoms with Crippen LogP contribution < -0.4 is 26.7 Å². The number of hydrogen-bond donors (Lipinski definition) is 3. The monoisotopic (exact) mass is 436 g/mol. The van der Waals surface area contributed by atoms with Gasteiger partial charge in [0.05, 0.1) is 18.9 Å². The number of nitrogens with zero attached hydrogens (tertiary/aromatic N) is 5. The molecular weight excluding hydrogens is 408 g/mol. The molecule has 0 saturated heterocycles. The molecule has 0 saturated carbocycles. The summed E-state index contributed by atoms with van der Waals surface area (Å²) in [7, 11) is 3.37. The van der Waals surface area contributed by atoms with E-state index >= 15 is 0 Å². The van der Waals surface area contributed by atoms with Gasteiger partial charge in [-0.1, -0.05) is 19.9 Å². The lowest BCUT2D eigenvalue weighted by atomic mass is 9.99. The summed E-state index contributed by atoms with van der Waals surface area (Å²) >= 11 is 0.